The van der Waals surface area contributed by atoms with E-state index in [9.17, 15) is 4.79 Å². The minimum atomic E-state index is -0.158. The van der Waals surface area contributed by atoms with Gasteiger partial charge in [0.25, 0.3) is 5.91 Å². The van der Waals surface area contributed by atoms with Crippen LogP contribution >= 0.6 is 15.9 Å². The van der Waals surface area contributed by atoms with E-state index >= 15 is 0 Å². The lowest BCUT2D eigenvalue weighted by molar-refractivity contribution is 0.0944. The van der Waals surface area contributed by atoms with E-state index < -0.39 is 0 Å². The minimum absolute atomic E-state index is 0.0404. The molecule has 0 aliphatic rings. The number of benzene rings is 1. The topological polar surface area (TPSA) is 49.3 Å². The summed E-state index contributed by atoms with van der Waals surface area (Å²) in [4.78, 5) is 11.4. The van der Waals surface area contributed by atoms with Gasteiger partial charge < -0.3 is 10.4 Å². The summed E-state index contributed by atoms with van der Waals surface area (Å²) in [5.41, 5.74) is 1.63. The monoisotopic (exact) mass is 257 g/mol. The molecule has 14 heavy (non-hydrogen) atoms. The number of aliphatic hydroxyl groups excluding tert-OH is 1. The summed E-state index contributed by atoms with van der Waals surface area (Å²) in [6.07, 6.45) is 0. The molecule has 1 aromatic rings. The Labute approximate surface area is 91.3 Å². The fraction of sp³-hybridized carbons (Fsp3) is 0.300. The predicted octanol–water partition coefficient (Wildman–Crippen LogP) is 1.48. The number of amides is 1. The maximum absolute atomic E-state index is 11.4. The average molecular weight is 258 g/mol. The van der Waals surface area contributed by atoms with Crippen LogP contribution < -0.4 is 5.32 Å². The molecule has 0 saturated carbocycles. The van der Waals surface area contributed by atoms with Crippen molar-refractivity contribution in [3.63, 3.8) is 0 Å². The first-order chi connectivity index (χ1) is 6.65. The van der Waals surface area contributed by atoms with Crippen LogP contribution in [0, 0.1) is 6.92 Å². The van der Waals surface area contributed by atoms with Gasteiger partial charge in [-0.25, -0.2) is 0 Å². The van der Waals surface area contributed by atoms with E-state index in [2.05, 4.69) is 21.2 Å². The number of carbonyl (C=O) groups is 1. The molecule has 1 aromatic carbocycles. The van der Waals surface area contributed by atoms with Crippen molar-refractivity contribution in [1.29, 1.82) is 0 Å². The standard InChI is InChI=1S/C10H12BrNO2/c1-7-6-8(2-3-9(7)11)10(14)12-4-5-13/h2-3,6,13H,4-5H2,1H3,(H,12,14). The van der Waals surface area contributed by atoms with Crippen LogP contribution in [0.4, 0.5) is 0 Å². The van der Waals surface area contributed by atoms with Gasteiger partial charge in [-0.3, -0.25) is 4.79 Å². The van der Waals surface area contributed by atoms with E-state index in [1.165, 1.54) is 0 Å². The van der Waals surface area contributed by atoms with Crippen LogP contribution in [0.3, 0.4) is 0 Å². The Morgan fingerprint density at radius 1 is 1.57 bits per heavy atom. The molecule has 1 rings (SSSR count). The molecule has 4 heteroatoms. The lowest BCUT2D eigenvalue weighted by Crippen LogP contribution is -2.26. The molecule has 0 aliphatic carbocycles. The molecule has 0 bridgehead atoms. The van der Waals surface area contributed by atoms with Gasteiger partial charge in [0.2, 0.25) is 0 Å². The van der Waals surface area contributed by atoms with Gasteiger partial charge in [0.1, 0.15) is 0 Å². The van der Waals surface area contributed by atoms with Gasteiger partial charge in [-0.2, -0.15) is 0 Å². The van der Waals surface area contributed by atoms with Gasteiger partial charge in [0, 0.05) is 16.6 Å². The Hall–Kier alpha value is -0.870. The maximum Gasteiger partial charge on any atom is 0.251 e. The first-order valence-electron chi connectivity index (χ1n) is 4.30. The highest BCUT2D eigenvalue weighted by molar-refractivity contribution is 9.10. The third-order valence-corrected chi connectivity index (χ3v) is 2.71. The van der Waals surface area contributed by atoms with Crippen molar-refractivity contribution in [1.82, 2.24) is 5.32 Å². The minimum Gasteiger partial charge on any atom is -0.395 e. The van der Waals surface area contributed by atoms with E-state index in [-0.39, 0.29) is 19.1 Å². The number of aliphatic hydroxyl groups is 1. The average Bonchev–Trinajstić information content (AvgIpc) is 2.18. The molecule has 0 atom stereocenters. The fourth-order valence-electron chi connectivity index (χ4n) is 1.06. The van der Waals surface area contributed by atoms with E-state index in [4.69, 9.17) is 5.11 Å². The van der Waals surface area contributed by atoms with Crippen LogP contribution in [0.1, 0.15) is 15.9 Å². The molecular weight excluding hydrogens is 246 g/mol. The van der Waals surface area contributed by atoms with E-state index in [1.54, 1.807) is 12.1 Å². The Morgan fingerprint density at radius 3 is 2.86 bits per heavy atom. The van der Waals surface area contributed by atoms with Gasteiger partial charge in [0.15, 0.2) is 0 Å². The number of carbonyl (C=O) groups excluding carboxylic acids is 1. The van der Waals surface area contributed by atoms with Crippen LogP contribution in [0.25, 0.3) is 0 Å². The van der Waals surface area contributed by atoms with Crippen LogP contribution in [0.15, 0.2) is 22.7 Å². The zero-order valence-electron chi connectivity index (χ0n) is 7.88. The van der Waals surface area contributed by atoms with Gasteiger partial charge >= 0.3 is 0 Å². The molecule has 1 amide bonds. The molecule has 0 heterocycles. The van der Waals surface area contributed by atoms with Crippen LogP contribution in [0.2, 0.25) is 0 Å². The number of aryl methyl sites for hydroxylation is 1. The molecule has 0 aliphatic heterocycles. The van der Waals surface area contributed by atoms with Crippen molar-refractivity contribution in [2.24, 2.45) is 0 Å². The molecule has 0 aromatic heterocycles. The molecule has 3 nitrogen and oxygen atoms in total. The lowest BCUT2D eigenvalue weighted by atomic mass is 10.1. The molecular formula is C10H12BrNO2. The first-order valence-corrected chi connectivity index (χ1v) is 5.09. The van der Waals surface area contributed by atoms with E-state index in [0.717, 1.165) is 10.0 Å². The van der Waals surface area contributed by atoms with Gasteiger partial charge in [0.05, 0.1) is 6.61 Å². The SMILES string of the molecule is Cc1cc(C(=O)NCCO)ccc1Br. The number of rotatable bonds is 3. The van der Waals surface area contributed by atoms with Crippen LogP contribution in [0.5, 0.6) is 0 Å². The summed E-state index contributed by atoms with van der Waals surface area (Å²) >= 11 is 3.36. The lowest BCUT2D eigenvalue weighted by Gasteiger charge is -2.04. The Balaban J connectivity index is 2.76. The Kier molecular flexibility index (Phi) is 4.10. The summed E-state index contributed by atoms with van der Waals surface area (Å²) in [7, 11) is 0. The van der Waals surface area contributed by atoms with Gasteiger partial charge in [-0.1, -0.05) is 15.9 Å². The molecule has 0 saturated heterocycles. The summed E-state index contributed by atoms with van der Waals surface area (Å²) < 4.78 is 0.983. The Bertz CT molecular complexity index is 339. The maximum atomic E-state index is 11.4. The largest absolute Gasteiger partial charge is 0.395 e. The van der Waals surface area contributed by atoms with Crippen molar-refractivity contribution < 1.29 is 9.90 Å². The molecule has 0 unspecified atom stereocenters. The van der Waals surface area contributed by atoms with E-state index in [0.29, 0.717) is 5.56 Å². The Morgan fingerprint density at radius 2 is 2.29 bits per heavy atom. The molecule has 0 fully saturated rings. The van der Waals surface area contributed by atoms with E-state index in [1.807, 2.05) is 13.0 Å². The van der Waals surface area contributed by atoms with Gasteiger partial charge in [-0.15, -0.1) is 0 Å². The normalized spacial score (nSPS) is 9.93. The second kappa shape index (κ2) is 5.12. The van der Waals surface area contributed by atoms with Crippen molar-refractivity contribution in [3.8, 4) is 0 Å². The first kappa shape index (κ1) is 11.2. The van der Waals surface area contributed by atoms with Crippen molar-refractivity contribution in [2.75, 3.05) is 13.2 Å². The third kappa shape index (κ3) is 2.82. The van der Waals surface area contributed by atoms with Crippen LogP contribution in [-0.4, -0.2) is 24.2 Å². The second-order valence-corrected chi connectivity index (χ2v) is 3.80. The highest BCUT2D eigenvalue weighted by atomic mass is 79.9. The zero-order chi connectivity index (χ0) is 10.6. The number of hydrogen-bond donors (Lipinski definition) is 2. The highest BCUT2D eigenvalue weighted by Crippen LogP contribution is 2.16. The number of hydrogen-bond acceptors (Lipinski definition) is 2. The molecule has 76 valence electrons. The highest BCUT2D eigenvalue weighted by Gasteiger charge is 2.05. The summed E-state index contributed by atoms with van der Waals surface area (Å²) in [5, 5.41) is 11.1. The third-order valence-electron chi connectivity index (χ3n) is 1.82. The number of halogens is 1. The van der Waals surface area contributed by atoms with Crippen molar-refractivity contribution in [2.45, 2.75) is 6.92 Å². The molecule has 0 spiro atoms. The summed E-state index contributed by atoms with van der Waals surface area (Å²) in [6, 6.07) is 5.38. The zero-order valence-corrected chi connectivity index (χ0v) is 9.47. The van der Waals surface area contributed by atoms with Crippen molar-refractivity contribution in [3.05, 3.63) is 33.8 Å². The molecule has 2 N–H and O–H groups in total. The van der Waals surface area contributed by atoms with Crippen LogP contribution in [-0.2, 0) is 0 Å². The summed E-state index contributed by atoms with van der Waals surface area (Å²) in [5.74, 6) is -0.158. The second-order valence-electron chi connectivity index (χ2n) is 2.94. The summed E-state index contributed by atoms with van der Waals surface area (Å²) in [6.45, 7) is 2.17. The fourth-order valence-corrected chi connectivity index (χ4v) is 1.30. The smallest absolute Gasteiger partial charge is 0.251 e. The van der Waals surface area contributed by atoms with Crippen molar-refractivity contribution >= 4 is 21.8 Å². The predicted molar refractivity (Wildman–Crippen MR) is 58.3 cm³/mol. The van der Waals surface area contributed by atoms with Gasteiger partial charge in [-0.05, 0) is 30.7 Å². The quantitative estimate of drug-likeness (QED) is 0.862. The number of nitrogens with one attached hydrogen (secondary N) is 1. The molecule has 0 radical (unpaired) electrons.